The van der Waals surface area contributed by atoms with Gasteiger partial charge in [-0.1, -0.05) is 25.0 Å². The van der Waals surface area contributed by atoms with Crippen molar-refractivity contribution in [2.75, 3.05) is 0 Å². The van der Waals surface area contributed by atoms with E-state index in [2.05, 4.69) is 15.0 Å². The van der Waals surface area contributed by atoms with Gasteiger partial charge in [0.05, 0.1) is 15.3 Å². The monoisotopic (exact) mass is 422 g/mol. The maximum Gasteiger partial charge on any atom is 0.290 e. The van der Waals surface area contributed by atoms with Crippen LogP contribution in [-0.2, 0) is 9.84 Å². The number of aromatic amines is 1. The molecule has 2 heterocycles. The van der Waals surface area contributed by atoms with Crippen LogP contribution in [0, 0.1) is 10.1 Å². The van der Waals surface area contributed by atoms with Crippen LogP contribution in [0.5, 0.6) is 0 Å². The lowest BCUT2D eigenvalue weighted by atomic mass is 10.1. The number of aromatic nitrogens is 3. The number of pyridine rings is 1. The van der Waals surface area contributed by atoms with Crippen LogP contribution in [0.4, 0.5) is 5.69 Å². The minimum absolute atomic E-state index is 0.00316. The van der Waals surface area contributed by atoms with Gasteiger partial charge in [-0.3, -0.25) is 15.1 Å². The van der Waals surface area contributed by atoms with Crippen LogP contribution in [-0.4, -0.2) is 28.3 Å². The molecular formula is C21H18N4O4S. The third-order valence-electron chi connectivity index (χ3n) is 5.74. The number of nitrogens with one attached hydrogen (secondary N) is 1. The molecule has 5 rings (SSSR count). The van der Waals surface area contributed by atoms with Gasteiger partial charge < -0.3 is 4.98 Å². The number of hydrogen-bond acceptors (Lipinski definition) is 6. The average Bonchev–Trinajstić information content (AvgIpc) is 3.41. The molecule has 4 aromatic rings. The minimum atomic E-state index is -4.23. The molecule has 8 nitrogen and oxygen atoms in total. The number of nitro groups is 1. The van der Waals surface area contributed by atoms with Crippen LogP contribution in [0.25, 0.3) is 21.8 Å². The molecule has 9 heteroatoms. The number of H-pyrrole nitrogens is 1. The Kier molecular flexibility index (Phi) is 4.28. The molecule has 1 aliphatic carbocycles. The molecule has 0 atom stereocenters. The Morgan fingerprint density at radius 1 is 1.10 bits per heavy atom. The highest BCUT2D eigenvalue weighted by molar-refractivity contribution is 7.92. The van der Waals surface area contributed by atoms with Crippen LogP contribution < -0.4 is 0 Å². The first-order valence-electron chi connectivity index (χ1n) is 9.71. The summed E-state index contributed by atoms with van der Waals surface area (Å²) >= 11 is 0. The molecular weight excluding hydrogens is 404 g/mol. The predicted octanol–water partition coefficient (Wildman–Crippen LogP) is 4.51. The molecule has 30 heavy (non-hydrogen) atoms. The Hall–Kier alpha value is -3.33. The summed E-state index contributed by atoms with van der Waals surface area (Å²) in [7, 11) is -4.23. The van der Waals surface area contributed by atoms with Gasteiger partial charge in [0.2, 0.25) is 9.84 Å². The van der Waals surface area contributed by atoms with Gasteiger partial charge in [0.15, 0.2) is 4.90 Å². The van der Waals surface area contributed by atoms with Crippen molar-refractivity contribution in [2.45, 2.75) is 41.4 Å². The molecule has 0 saturated heterocycles. The van der Waals surface area contributed by atoms with Crippen molar-refractivity contribution in [1.29, 1.82) is 0 Å². The van der Waals surface area contributed by atoms with Gasteiger partial charge in [0, 0.05) is 35.2 Å². The highest BCUT2D eigenvalue weighted by atomic mass is 32.2. The van der Waals surface area contributed by atoms with Gasteiger partial charge in [-0.05, 0) is 31.0 Å². The molecule has 1 aliphatic rings. The Morgan fingerprint density at radius 3 is 2.67 bits per heavy atom. The van der Waals surface area contributed by atoms with E-state index in [1.165, 1.54) is 24.4 Å². The number of rotatable bonds is 4. The lowest BCUT2D eigenvalue weighted by Gasteiger charge is -2.09. The van der Waals surface area contributed by atoms with E-state index in [9.17, 15) is 18.5 Å². The molecule has 0 aliphatic heterocycles. The third kappa shape index (κ3) is 2.85. The van der Waals surface area contributed by atoms with E-state index in [4.69, 9.17) is 0 Å². The molecule has 0 spiro atoms. The fraction of sp³-hybridized carbons (Fsp3) is 0.238. The Morgan fingerprint density at radius 2 is 1.90 bits per heavy atom. The molecule has 0 unspecified atom stereocenters. The number of sulfone groups is 1. The van der Waals surface area contributed by atoms with Gasteiger partial charge >= 0.3 is 0 Å². The van der Waals surface area contributed by atoms with Crippen molar-refractivity contribution < 1.29 is 13.3 Å². The van der Waals surface area contributed by atoms with E-state index in [-0.39, 0.29) is 21.2 Å². The molecule has 2 aromatic carbocycles. The Bertz CT molecular complexity index is 1400. The maximum absolute atomic E-state index is 13.7. The summed E-state index contributed by atoms with van der Waals surface area (Å²) in [6.45, 7) is 0. The van der Waals surface area contributed by atoms with Crippen molar-refractivity contribution in [3.63, 3.8) is 0 Å². The standard InChI is InChI=1S/C21H18N4O4S/c26-25(27)17-9-8-16-19(24-21(23-16)13-4-1-2-5-13)20(17)30(28,29)18-7-3-6-14-12-22-11-10-15(14)18/h3,6-13H,1-2,4-5H2,(H,23,24). The maximum atomic E-state index is 13.7. The van der Waals surface area contributed by atoms with Gasteiger partial charge in [0.25, 0.3) is 5.69 Å². The lowest BCUT2D eigenvalue weighted by Crippen LogP contribution is -2.07. The predicted molar refractivity (Wildman–Crippen MR) is 111 cm³/mol. The number of fused-ring (bicyclic) bond motifs is 2. The molecule has 0 radical (unpaired) electrons. The number of imidazole rings is 1. The van der Waals surface area contributed by atoms with Crippen molar-refractivity contribution >= 4 is 37.3 Å². The topological polar surface area (TPSA) is 119 Å². The highest BCUT2D eigenvalue weighted by Gasteiger charge is 2.34. The van der Waals surface area contributed by atoms with E-state index in [0.717, 1.165) is 25.7 Å². The lowest BCUT2D eigenvalue weighted by molar-refractivity contribution is -0.387. The first kappa shape index (κ1) is 18.7. The van der Waals surface area contributed by atoms with Crippen molar-refractivity contribution in [3.8, 4) is 0 Å². The largest absolute Gasteiger partial charge is 0.342 e. The Balaban J connectivity index is 1.81. The Labute approximate surface area is 172 Å². The fourth-order valence-corrected chi connectivity index (χ4v) is 6.08. The second-order valence-electron chi connectivity index (χ2n) is 7.53. The zero-order valence-electron chi connectivity index (χ0n) is 15.9. The SMILES string of the molecule is O=[N+]([O-])c1ccc2[nH]c(C3CCCC3)nc2c1S(=O)(=O)c1cccc2cnccc12. The molecule has 152 valence electrons. The molecule has 0 amide bonds. The van der Waals surface area contributed by atoms with E-state index >= 15 is 0 Å². The number of nitrogens with zero attached hydrogens (tertiary/aromatic N) is 3. The highest BCUT2D eigenvalue weighted by Crippen LogP contribution is 2.39. The third-order valence-corrected chi connectivity index (χ3v) is 7.62. The molecule has 1 N–H and O–H groups in total. The van der Waals surface area contributed by atoms with E-state index in [1.54, 1.807) is 24.4 Å². The van der Waals surface area contributed by atoms with Crippen molar-refractivity contribution in [1.82, 2.24) is 15.0 Å². The summed E-state index contributed by atoms with van der Waals surface area (Å²) in [5.74, 6) is 0.914. The fourth-order valence-electron chi connectivity index (χ4n) is 4.30. The van der Waals surface area contributed by atoms with Gasteiger partial charge in [-0.15, -0.1) is 0 Å². The van der Waals surface area contributed by atoms with Crippen molar-refractivity contribution in [2.24, 2.45) is 0 Å². The van der Waals surface area contributed by atoms with E-state index in [0.29, 0.717) is 22.1 Å². The number of nitro benzene ring substituents is 1. The summed E-state index contributed by atoms with van der Waals surface area (Å²) in [5.41, 5.74) is 0.137. The van der Waals surface area contributed by atoms with Crippen LogP contribution in [0.1, 0.15) is 37.4 Å². The van der Waals surface area contributed by atoms with Crippen molar-refractivity contribution in [3.05, 3.63) is 64.7 Å². The molecule has 2 aromatic heterocycles. The second kappa shape index (κ2) is 6.88. The smallest absolute Gasteiger partial charge is 0.290 e. The van der Waals surface area contributed by atoms with Gasteiger partial charge in [-0.25, -0.2) is 13.4 Å². The van der Waals surface area contributed by atoms with E-state index < -0.39 is 20.4 Å². The minimum Gasteiger partial charge on any atom is -0.342 e. The first-order chi connectivity index (χ1) is 14.5. The summed E-state index contributed by atoms with van der Waals surface area (Å²) in [6.07, 6.45) is 7.20. The zero-order chi connectivity index (χ0) is 20.9. The van der Waals surface area contributed by atoms with Gasteiger partial charge in [0.1, 0.15) is 11.3 Å². The van der Waals surface area contributed by atoms with Gasteiger partial charge in [-0.2, -0.15) is 0 Å². The number of hydrogen-bond donors (Lipinski definition) is 1. The molecule has 0 bridgehead atoms. The van der Waals surface area contributed by atoms with Crippen LogP contribution in [0.2, 0.25) is 0 Å². The zero-order valence-corrected chi connectivity index (χ0v) is 16.7. The normalized spacial score (nSPS) is 15.2. The summed E-state index contributed by atoms with van der Waals surface area (Å²) in [6, 6.07) is 9.19. The van der Waals surface area contributed by atoms with Crippen LogP contribution >= 0.6 is 0 Å². The summed E-state index contributed by atoms with van der Waals surface area (Å²) in [5, 5.41) is 12.9. The number of benzene rings is 2. The average molecular weight is 422 g/mol. The molecule has 1 fully saturated rings. The summed E-state index contributed by atoms with van der Waals surface area (Å²) in [4.78, 5) is 22.5. The summed E-state index contributed by atoms with van der Waals surface area (Å²) < 4.78 is 27.5. The van der Waals surface area contributed by atoms with Crippen LogP contribution in [0.15, 0.2) is 58.6 Å². The van der Waals surface area contributed by atoms with E-state index in [1.807, 2.05) is 0 Å². The first-order valence-corrected chi connectivity index (χ1v) is 11.2. The molecule has 1 saturated carbocycles. The second-order valence-corrected chi connectivity index (χ2v) is 9.38. The van der Waals surface area contributed by atoms with Crippen LogP contribution in [0.3, 0.4) is 0 Å². The quantitative estimate of drug-likeness (QED) is 0.382.